The Kier molecular flexibility index (Phi) is 4.18. The molecule has 0 aromatic carbocycles. The van der Waals surface area contributed by atoms with Crippen LogP contribution in [0.4, 0.5) is 0 Å². The number of hydrogen-bond donors (Lipinski definition) is 2. The van der Waals surface area contributed by atoms with E-state index in [9.17, 15) is 0 Å². The standard InChI is InChI=1S/C11H16N2O2S/c16-11(12-7-9-3-1-5-14-9)13-8-10-4-2-6-15-10/h1,3,5,10H,2,4,6-8H2,(H2,12,13,16)/t10-/m1/s1. The summed E-state index contributed by atoms with van der Waals surface area (Å²) in [4.78, 5) is 0. The first-order valence-corrected chi connectivity index (χ1v) is 5.91. The number of hydrogen-bond acceptors (Lipinski definition) is 3. The highest BCUT2D eigenvalue weighted by Gasteiger charge is 2.15. The first-order chi connectivity index (χ1) is 7.84. The topological polar surface area (TPSA) is 46.4 Å². The van der Waals surface area contributed by atoms with Crippen LogP contribution in [0.1, 0.15) is 18.6 Å². The van der Waals surface area contributed by atoms with Crippen LogP contribution >= 0.6 is 12.2 Å². The number of thiocarbonyl (C=S) groups is 1. The van der Waals surface area contributed by atoms with Gasteiger partial charge in [0.15, 0.2) is 5.11 Å². The Labute approximate surface area is 100 Å². The van der Waals surface area contributed by atoms with E-state index < -0.39 is 0 Å². The van der Waals surface area contributed by atoms with Gasteiger partial charge in [0.1, 0.15) is 5.76 Å². The maximum absolute atomic E-state index is 5.49. The van der Waals surface area contributed by atoms with E-state index in [1.807, 2.05) is 12.1 Å². The van der Waals surface area contributed by atoms with E-state index in [1.165, 1.54) is 0 Å². The fourth-order valence-corrected chi connectivity index (χ4v) is 1.81. The molecule has 2 heterocycles. The molecule has 1 aromatic heterocycles. The van der Waals surface area contributed by atoms with Crippen LogP contribution in [0.25, 0.3) is 0 Å². The van der Waals surface area contributed by atoms with Crippen molar-refractivity contribution in [3.63, 3.8) is 0 Å². The maximum Gasteiger partial charge on any atom is 0.166 e. The zero-order valence-electron chi connectivity index (χ0n) is 9.07. The van der Waals surface area contributed by atoms with Gasteiger partial charge in [-0.05, 0) is 37.2 Å². The van der Waals surface area contributed by atoms with E-state index in [0.717, 1.165) is 31.8 Å². The van der Waals surface area contributed by atoms with E-state index in [1.54, 1.807) is 6.26 Å². The lowest BCUT2D eigenvalue weighted by molar-refractivity contribution is 0.114. The second kappa shape index (κ2) is 5.86. The predicted octanol–water partition coefficient (Wildman–Crippen LogP) is 1.42. The molecule has 0 bridgehead atoms. The van der Waals surface area contributed by atoms with Gasteiger partial charge in [-0.3, -0.25) is 0 Å². The maximum atomic E-state index is 5.49. The van der Waals surface area contributed by atoms with Crippen molar-refractivity contribution in [1.82, 2.24) is 10.6 Å². The van der Waals surface area contributed by atoms with Crippen LogP contribution in [0.2, 0.25) is 0 Å². The molecule has 2 N–H and O–H groups in total. The van der Waals surface area contributed by atoms with Gasteiger partial charge in [0.2, 0.25) is 0 Å². The number of furan rings is 1. The summed E-state index contributed by atoms with van der Waals surface area (Å²) in [5.41, 5.74) is 0. The van der Waals surface area contributed by atoms with Gasteiger partial charge < -0.3 is 19.8 Å². The third-order valence-corrected chi connectivity index (χ3v) is 2.81. The molecule has 0 radical (unpaired) electrons. The third-order valence-electron chi connectivity index (χ3n) is 2.52. The van der Waals surface area contributed by atoms with Crippen LogP contribution in [0, 0.1) is 0 Å². The summed E-state index contributed by atoms with van der Waals surface area (Å²) in [5.74, 6) is 0.876. The molecule has 1 aliphatic rings. The normalized spacial score (nSPS) is 19.6. The van der Waals surface area contributed by atoms with Crippen LogP contribution in [0.15, 0.2) is 22.8 Å². The molecule has 5 heteroatoms. The smallest absolute Gasteiger partial charge is 0.166 e. The summed E-state index contributed by atoms with van der Waals surface area (Å²) < 4.78 is 10.7. The Morgan fingerprint density at radius 2 is 2.44 bits per heavy atom. The fraction of sp³-hybridized carbons (Fsp3) is 0.545. The van der Waals surface area contributed by atoms with E-state index >= 15 is 0 Å². The third kappa shape index (κ3) is 3.50. The molecule has 4 nitrogen and oxygen atoms in total. The van der Waals surface area contributed by atoms with Crippen molar-refractivity contribution < 1.29 is 9.15 Å². The molecule has 88 valence electrons. The highest BCUT2D eigenvalue weighted by atomic mass is 32.1. The lowest BCUT2D eigenvalue weighted by atomic mass is 10.2. The Morgan fingerprint density at radius 3 is 3.12 bits per heavy atom. The molecule has 1 aromatic rings. The summed E-state index contributed by atoms with van der Waals surface area (Å²) in [6.45, 7) is 2.27. The molecular weight excluding hydrogens is 224 g/mol. The molecule has 0 unspecified atom stereocenters. The largest absolute Gasteiger partial charge is 0.467 e. The minimum absolute atomic E-state index is 0.309. The summed E-state index contributed by atoms with van der Waals surface area (Å²) in [7, 11) is 0. The molecule has 1 aliphatic heterocycles. The number of rotatable bonds is 4. The number of nitrogens with one attached hydrogen (secondary N) is 2. The Balaban J connectivity index is 1.60. The molecule has 0 spiro atoms. The van der Waals surface area contributed by atoms with Gasteiger partial charge >= 0.3 is 0 Å². The van der Waals surface area contributed by atoms with E-state index in [0.29, 0.717) is 17.8 Å². The van der Waals surface area contributed by atoms with Gasteiger partial charge in [-0.25, -0.2) is 0 Å². The van der Waals surface area contributed by atoms with Crippen molar-refractivity contribution >= 4 is 17.3 Å². The molecule has 0 saturated carbocycles. The Hall–Kier alpha value is -1.07. The van der Waals surface area contributed by atoms with Gasteiger partial charge in [0, 0.05) is 13.2 Å². The van der Waals surface area contributed by atoms with Crippen molar-refractivity contribution in [3.8, 4) is 0 Å². The second-order valence-electron chi connectivity index (χ2n) is 3.78. The fourth-order valence-electron chi connectivity index (χ4n) is 1.65. The summed E-state index contributed by atoms with van der Waals surface area (Å²) in [6.07, 6.45) is 4.23. The monoisotopic (exact) mass is 240 g/mol. The molecular formula is C11H16N2O2S. The first-order valence-electron chi connectivity index (χ1n) is 5.50. The van der Waals surface area contributed by atoms with Gasteiger partial charge in [0.25, 0.3) is 0 Å². The van der Waals surface area contributed by atoms with Gasteiger partial charge in [-0.1, -0.05) is 0 Å². The van der Waals surface area contributed by atoms with Gasteiger partial charge in [-0.15, -0.1) is 0 Å². The first kappa shape index (κ1) is 11.4. The molecule has 2 rings (SSSR count). The quantitative estimate of drug-likeness (QED) is 0.779. The van der Waals surface area contributed by atoms with Crippen LogP contribution < -0.4 is 10.6 Å². The summed E-state index contributed by atoms with van der Waals surface area (Å²) >= 11 is 5.14. The highest BCUT2D eigenvalue weighted by Crippen LogP contribution is 2.10. The predicted molar refractivity (Wildman–Crippen MR) is 65.1 cm³/mol. The van der Waals surface area contributed by atoms with Crippen molar-refractivity contribution in [1.29, 1.82) is 0 Å². The molecule has 1 fully saturated rings. The number of ether oxygens (including phenoxy) is 1. The van der Waals surface area contributed by atoms with Crippen LogP contribution in [0.3, 0.4) is 0 Å². The molecule has 0 amide bonds. The average Bonchev–Trinajstić information content (AvgIpc) is 2.96. The van der Waals surface area contributed by atoms with Crippen molar-refractivity contribution in [2.24, 2.45) is 0 Å². The van der Waals surface area contributed by atoms with E-state index in [4.69, 9.17) is 21.4 Å². The SMILES string of the molecule is S=C(NCc1ccco1)NC[C@H]1CCCO1. The van der Waals surface area contributed by atoms with Crippen LogP contribution in [0.5, 0.6) is 0 Å². The van der Waals surface area contributed by atoms with Crippen LogP contribution in [-0.2, 0) is 11.3 Å². The minimum Gasteiger partial charge on any atom is -0.467 e. The average molecular weight is 240 g/mol. The van der Waals surface area contributed by atoms with Gasteiger partial charge in [0.05, 0.1) is 18.9 Å². The van der Waals surface area contributed by atoms with Crippen molar-refractivity contribution in [2.75, 3.05) is 13.2 Å². The van der Waals surface area contributed by atoms with Crippen molar-refractivity contribution in [2.45, 2.75) is 25.5 Å². The minimum atomic E-state index is 0.309. The van der Waals surface area contributed by atoms with E-state index in [2.05, 4.69) is 10.6 Å². The Bertz CT molecular complexity index is 321. The zero-order chi connectivity index (χ0) is 11.2. The molecule has 0 aliphatic carbocycles. The van der Waals surface area contributed by atoms with Crippen molar-refractivity contribution in [3.05, 3.63) is 24.2 Å². The lowest BCUT2D eigenvalue weighted by Gasteiger charge is -2.13. The summed E-state index contributed by atoms with van der Waals surface area (Å²) in [5, 5.41) is 6.87. The van der Waals surface area contributed by atoms with E-state index in [-0.39, 0.29) is 0 Å². The summed E-state index contributed by atoms with van der Waals surface area (Å²) in [6, 6.07) is 3.77. The molecule has 16 heavy (non-hydrogen) atoms. The highest BCUT2D eigenvalue weighted by molar-refractivity contribution is 7.80. The molecule has 1 atom stereocenters. The zero-order valence-corrected chi connectivity index (χ0v) is 9.89. The van der Waals surface area contributed by atoms with Gasteiger partial charge in [-0.2, -0.15) is 0 Å². The molecule has 1 saturated heterocycles. The second-order valence-corrected chi connectivity index (χ2v) is 4.19. The lowest BCUT2D eigenvalue weighted by Crippen LogP contribution is -2.38. The van der Waals surface area contributed by atoms with Crippen LogP contribution in [-0.4, -0.2) is 24.4 Å². The Morgan fingerprint density at radius 1 is 1.50 bits per heavy atom.